The molecule has 1 saturated heterocycles. The van der Waals surface area contributed by atoms with Gasteiger partial charge in [0.15, 0.2) is 8.32 Å². The highest BCUT2D eigenvalue weighted by Gasteiger charge is 2.38. The second-order valence-electron chi connectivity index (χ2n) is 16.1. The first-order chi connectivity index (χ1) is 23.0. The van der Waals surface area contributed by atoms with Crippen LogP contribution < -0.4 is 5.69 Å². The van der Waals surface area contributed by atoms with Gasteiger partial charge < -0.3 is 4.43 Å². The van der Waals surface area contributed by atoms with Crippen LogP contribution in [0.3, 0.4) is 0 Å². The number of pyridine rings is 1. The van der Waals surface area contributed by atoms with E-state index in [1.54, 1.807) is 12.3 Å². The number of piperidine rings is 1. The van der Waals surface area contributed by atoms with Crippen LogP contribution in [0.4, 0.5) is 13.2 Å². The highest BCUT2D eigenvalue weighted by molar-refractivity contribution is 6.74. The summed E-state index contributed by atoms with van der Waals surface area (Å²) in [5, 5.41) is 5.21. The number of hydrogen-bond donors (Lipinski definition) is 0. The first-order valence-electron chi connectivity index (χ1n) is 17.9. The van der Waals surface area contributed by atoms with E-state index in [0.29, 0.717) is 42.8 Å². The Morgan fingerprint density at radius 3 is 2.45 bits per heavy atom. The third-order valence-electron chi connectivity index (χ3n) is 11.3. The lowest BCUT2D eigenvalue weighted by atomic mass is 9.71. The van der Waals surface area contributed by atoms with Crippen LogP contribution in [0.2, 0.25) is 18.1 Å². The number of aryl methyl sites for hydroxylation is 1. The van der Waals surface area contributed by atoms with Crippen LogP contribution in [0, 0.1) is 18.8 Å². The third kappa shape index (κ3) is 7.49. The molecule has 2 aliphatic rings. The molecule has 7 nitrogen and oxygen atoms in total. The zero-order valence-electron chi connectivity index (χ0n) is 30.1. The van der Waals surface area contributed by atoms with Crippen LogP contribution in [0.1, 0.15) is 93.7 Å². The number of imidazole rings is 1. The molecule has 266 valence electrons. The Balaban J connectivity index is 1.32. The number of alkyl halides is 3. The van der Waals surface area contributed by atoms with E-state index in [9.17, 15) is 18.0 Å². The summed E-state index contributed by atoms with van der Waals surface area (Å²) < 4.78 is 54.3. The van der Waals surface area contributed by atoms with Crippen LogP contribution in [-0.2, 0) is 23.7 Å². The fourth-order valence-corrected chi connectivity index (χ4v) is 8.33. The molecule has 1 aliphatic carbocycles. The standard InChI is InChI=1S/C38H52F3N5O2Si/c1-26-11-10-16-43(21-26)23-28-19-32(38(39,40)41)33-25-45(36(47)46(33)24-28)31-15-9-14-30(20-31)34(29-12-8-13-29)35-27(2)22-44(42-35)17-18-48-49(6,7)37(3,4)5/h9,14-15,19-20,22,24-26,29,34H,8,10-13,16-18,21,23H2,1-7H3/t26-,34?/m0/s1. The van der Waals surface area contributed by atoms with Gasteiger partial charge in [-0.15, -0.1) is 0 Å². The van der Waals surface area contributed by atoms with Crippen molar-refractivity contribution in [1.29, 1.82) is 0 Å². The Hall–Kier alpha value is -3.15. The van der Waals surface area contributed by atoms with Crippen molar-refractivity contribution in [2.75, 3.05) is 19.7 Å². The SMILES string of the molecule is Cc1cn(CCO[Si](C)(C)C(C)(C)C)nc1C(c1cccc(-n2cc3c(C(F)(F)F)cc(CN4CCC[C@H](C)C4)cn3c2=O)c1)C1CCC1. The van der Waals surface area contributed by atoms with Gasteiger partial charge in [0.05, 0.1) is 35.6 Å². The summed E-state index contributed by atoms with van der Waals surface area (Å²) in [5.41, 5.74) is 2.76. The Morgan fingerprint density at radius 2 is 1.80 bits per heavy atom. The highest BCUT2D eigenvalue weighted by atomic mass is 28.4. The molecular weight excluding hydrogens is 644 g/mol. The molecule has 6 rings (SSSR count). The van der Waals surface area contributed by atoms with Crippen molar-refractivity contribution >= 4 is 13.8 Å². The Morgan fingerprint density at radius 1 is 1.04 bits per heavy atom. The molecule has 1 saturated carbocycles. The number of aromatic nitrogens is 4. The van der Waals surface area contributed by atoms with Gasteiger partial charge in [-0.1, -0.05) is 46.2 Å². The van der Waals surface area contributed by atoms with E-state index >= 15 is 0 Å². The second kappa shape index (κ2) is 13.5. The third-order valence-corrected chi connectivity index (χ3v) is 15.8. The minimum absolute atomic E-state index is 0.0215. The Bertz CT molecular complexity index is 1850. The molecule has 4 aromatic rings. The molecule has 49 heavy (non-hydrogen) atoms. The predicted molar refractivity (Wildman–Crippen MR) is 191 cm³/mol. The van der Waals surface area contributed by atoms with Gasteiger partial charge in [0, 0.05) is 37.6 Å². The van der Waals surface area contributed by atoms with Gasteiger partial charge in [0.25, 0.3) is 0 Å². The van der Waals surface area contributed by atoms with Crippen LogP contribution in [0.5, 0.6) is 0 Å². The lowest BCUT2D eigenvalue weighted by molar-refractivity contribution is -0.136. The van der Waals surface area contributed by atoms with Crippen molar-refractivity contribution < 1.29 is 17.6 Å². The molecule has 0 amide bonds. The van der Waals surface area contributed by atoms with E-state index in [1.165, 1.54) is 21.2 Å². The second-order valence-corrected chi connectivity index (χ2v) is 20.9. The van der Waals surface area contributed by atoms with Crippen molar-refractivity contribution in [3.05, 3.63) is 87.4 Å². The summed E-state index contributed by atoms with van der Waals surface area (Å²) in [5.74, 6) is 0.925. The summed E-state index contributed by atoms with van der Waals surface area (Å²) in [6, 6.07) is 8.95. The topological polar surface area (TPSA) is 56.7 Å². The quantitative estimate of drug-likeness (QED) is 0.156. The zero-order valence-corrected chi connectivity index (χ0v) is 31.1. The predicted octanol–water partition coefficient (Wildman–Crippen LogP) is 8.80. The lowest BCUT2D eigenvalue weighted by Crippen LogP contribution is -2.41. The van der Waals surface area contributed by atoms with E-state index in [4.69, 9.17) is 9.52 Å². The number of nitrogens with zero attached hydrogens (tertiary/aromatic N) is 5. The maximum atomic E-state index is 14.4. The lowest BCUT2D eigenvalue weighted by Gasteiger charge is -2.36. The largest absolute Gasteiger partial charge is 0.418 e. The van der Waals surface area contributed by atoms with Crippen LogP contribution >= 0.6 is 0 Å². The first kappa shape index (κ1) is 35.7. The van der Waals surface area contributed by atoms with Gasteiger partial charge in [0.2, 0.25) is 0 Å². The number of benzene rings is 1. The monoisotopic (exact) mass is 695 g/mol. The van der Waals surface area contributed by atoms with Gasteiger partial charge in [-0.25, -0.2) is 4.79 Å². The van der Waals surface area contributed by atoms with Crippen LogP contribution in [-0.4, -0.2) is 51.7 Å². The number of fused-ring (bicyclic) bond motifs is 1. The van der Waals surface area contributed by atoms with E-state index in [1.807, 2.05) is 16.8 Å². The smallest absolute Gasteiger partial charge is 0.415 e. The van der Waals surface area contributed by atoms with Crippen molar-refractivity contribution in [1.82, 2.24) is 23.6 Å². The minimum Gasteiger partial charge on any atom is -0.415 e. The molecule has 0 bridgehead atoms. The molecule has 0 N–H and O–H groups in total. The van der Waals surface area contributed by atoms with Gasteiger partial charge >= 0.3 is 11.9 Å². The molecule has 1 aromatic carbocycles. The molecule has 1 unspecified atom stereocenters. The van der Waals surface area contributed by atoms with E-state index in [2.05, 4.69) is 64.9 Å². The van der Waals surface area contributed by atoms with Crippen LogP contribution in [0.15, 0.2) is 53.7 Å². The molecule has 0 spiro atoms. The molecule has 2 atom stereocenters. The van der Waals surface area contributed by atoms with Crippen molar-refractivity contribution in [3.63, 3.8) is 0 Å². The molecule has 1 aliphatic heterocycles. The summed E-state index contributed by atoms with van der Waals surface area (Å²) in [4.78, 5) is 16.1. The summed E-state index contributed by atoms with van der Waals surface area (Å²) in [7, 11) is -1.88. The van der Waals surface area contributed by atoms with Crippen molar-refractivity contribution in [2.24, 2.45) is 11.8 Å². The van der Waals surface area contributed by atoms with Crippen molar-refractivity contribution in [3.8, 4) is 5.69 Å². The molecule has 2 fully saturated rings. The minimum atomic E-state index is -4.60. The van der Waals surface area contributed by atoms with E-state index in [-0.39, 0.29) is 16.5 Å². The number of halogens is 3. The maximum absolute atomic E-state index is 14.4. The molecule has 3 aromatic heterocycles. The normalized spacial score (nSPS) is 19.0. The molecule has 4 heterocycles. The average Bonchev–Trinajstić information content (AvgIpc) is 3.52. The molecular formula is C38H52F3N5O2Si. The van der Waals surface area contributed by atoms with Gasteiger partial charge in [-0.05, 0) is 104 Å². The fourth-order valence-electron chi connectivity index (χ4n) is 7.30. The number of hydrogen-bond acceptors (Lipinski definition) is 4. The van der Waals surface area contributed by atoms with Gasteiger partial charge in [-0.2, -0.15) is 18.3 Å². The maximum Gasteiger partial charge on any atom is 0.418 e. The van der Waals surface area contributed by atoms with E-state index in [0.717, 1.165) is 62.0 Å². The first-order valence-corrected chi connectivity index (χ1v) is 20.8. The average molecular weight is 696 g/mol. The fraction of sp³-hybridized carbons (Fsp3) is 0.579. The summed E-state index contributed by atoms with van der Waals surface area (Å²) in [6.07, 6.45) is 5.90. The van der Waals surface area contributed by atoms with Crippen molar-refractivity contribution in [2.45, 2.75) is 110 Å². The van der Waals surface area contributed by atoms with Gasteiger partial charge in [0.1, 0.15) is 0 Å². The summed E-state index contributed by atoms with van der Waals surface area (Å²) in [6.45, 7) is 18.8. The molecule has 0 radical (unpaired) electrons. The Labute approximate surface area is 289 Å². The highest BCUT2D eigenvalue weighted by Crippen LogP contribution is 2.44. The van der Waals surface area contributed by atoms with Gasteiger partial charge in [-0.3, -0.25) is 18.5 Å². The summed E-state index contributed by atoms with van der Waals surface area (Å²) >= 11 is 0. The number of likely N-dealkylation sites (tertiary alicyclic amines) is 1. The zero-order chi connectivity index (χ0) is 35.3. The molecule has 11 heteroatoms. The number of rotatable bonds is 10. The van der Waals surface area contributed by atoms with Crippen LogP contribution in [0.25, 0.3) is 11.2 Å². The Kier molecular flexibility index (Phi) is 9.84. The van der Waals surface area contributed by atoms with E-state index < -0.39 is 25.7 Å².